The topological polar surface area (TPSA) is 67.4 Å². The van der Waals surface area contributed by atoms with Crippen molar-refractivity contribution in [2.45, 2.75) is 39.2 Å². The van der Waals surface area contributed by atoms with Gasteiger partial charge in [0.1, 0.15) is 5.82 Å². The second-order valence-corrected chi connectivity index (χ2v) is 5.55. The van der Waals surface area contributed by atoms with Crippen molar-refractivity contribution >= 4 is 11.6 Å². The van der Waals surface area contributed by atoms with Gasteiger partial charge < -0.3 is 15.0 Å². The van der Waals surface area contributed by atoms with Gasteiger partial charge in [-0.15, -0.1) is 0 Å². The first-order valence-corrected chi connectivity index (χ1v) is 7.52. The number of nitrogens with one attached hydrogen (secondary N) is 1. The lowest BCUT2D eigenvalue weighted by Crippen LogP contribution is -2.45. The minimum absolute atomic E-state index is 0.0506. The largest absolute Gasteiger partial charge is 0.385 e. The molecule has 21 heavy (non-hydrogen) atoms. The maximum absolute atomic E-state index is 12.8. The summed E-state index contributed by atoms with van der Waals surface area (Å²) in [6.45, 7) is 7.93. The van der Waals surface area contributed by atoms with E-state index in [2.05, 4.69) is 22.2 Å². The Morgan fingerprint density at radius 1 is 1.57 bits per heavy atom. The number of carbonyl (C=O) groups is 1. The van der Waals surface area contributed by atoms with Crippen LogP contribution in [0.1, 0.15) is 49.4 Å². The summed E-state index contributed by atoms with van der Waals surface area (Å²) in [5.74, 6) is 0.832. The van der Waals surface area contributed by atoms with Crippen LogP contribution >= 0.6 is 0 Å². The van der Waals surface area contributed by atoms with E-state index >= 15 is 0 Å². The third kappa shape index (κ3) is 3.50. The van der Waals surface area contributed by atoms with Crippen LogP contribution in [0.2, 0.25) is 0 Å². The molecule has 1 unspecified atom stereocenters. The minimum Gasteiger partial charge on any atom is -0.385 e. The quantitative estimate of drug-likeness (QED) is 0.918. The second kappa shape index (κ2) is 6.85. The predicted octanol–water partition coefficient (Wildman–Crippen LogP) is 1.89. The van der Waals surface area contributed by atoms with Gasteiger partial charge in [0.05, 0.1) is 24.6 Å². The molecule has 1 fully saturated rings. The Bertz CT molecular complexity index is 504. The van der Waals surface area contributed by atoms with Gasteiger partial charge in [-0.05, 0) is 6.42 Å². The van der Waals surface area contributed by atoms with Crippen molar-refractivity contribution in [3.63, 3.8) is 0 Å². The number of anilines is 1. The summed E-state index contributed by atoms with van der Waals surface area (Å²) >= 11 is 0. The monoisotopic (exact) mass is 292 g/mol. The zero-order valence-electron chi connectivity index (χ0n) is 13.2. The van der Waals surface area contributed by atoms with Gasteiger partial charge in [0, 0.05) is 26.1 Å². The zero-order chi connectivity index (χ0) is 15.4. The number of hydrogen-bond acceptors (Lipinski definition) is 5. The number of morpholine rings is 1. The molecule has 1 aliphatic rings. The summed E-state index contributed by atoms with van der Waals surface area (Å²) in [5.41, 5.74) is 1.12. The van der Waals surface area contributed by atoms with Gasteiger partial charge in [-0.1, -0.05) is 20.8 Å². The van der Waals surface area contributed by atoms with Gasteiger partial charge in [0.25, 0.3) is 5.91 Å². The standard InChI is InChI=1S/C15H24N4O2/c1-5-11-9-19(6-7-21-11)15(20)13-12(16-4)8-17-14(18-13)10(2)3/h8,10-11,16H,5-7,9H2,1-4H3. The Labute approximate surface area is 125 Å². The Morgan fingerprint density at radius 2 is 2.33 bits per heavy atom. The Hall–Kier alpha value is -1.69. The molecule has 0 radical (unpaired) electrons. The van der Waals surface area contributed by atoms with Crippen LogP contribution in [-0.2, 0) is 4.74 Å². The van der Waals surface area contributed by atoms with Gasteiger partial charge in [-0.3, -0.25) is 4.79 Å². The van der Waals surface area contributed by atoms with E-state index in [9.17, 15) is 4.79 Å². The molecule has 1 saturated heterocycles. The molecule has 1 atom stereocenters. The van der Waals surface area contributed by atoms with E-state index in [4.69, 9.17) is 4.74 Å². The molecule has 2 heterocycles. The fourth-order valence-electron chi connectivity index (χ4n) is 2.32. The predicted molar refractivity (Wildman–Crippen MR) is 81.6 cm³/mol. The fourth-order valence-corrected chi connectivity index (χ4v) is 2.32. The SMILES string of the molecule is CCC1CN(C(=O)c2nc(C(C)C)ncc2NC)CCO1. The highest BCUT2D eigenvalue weighted by Gasteiger charge is 2.27. The Kier molecular flexibility index (Phi) is 5.12. The van der Waals surface area contributed by atoms with Crippen molar-refractivity contribution in [3.8, 4) is 0 Å². The fraction of sp³-hybridized carbons (Fsp3) is 0.667. The maximum Gasteiger partial charge on any atom is 0.274 e. The van der Waals surface area contributed by atoms with Crippen LogP contribution in [0.3, 0.4) is 0 Å². The van der Waals surface area contributed by atoms with Gasteiger partial charge in [0.15, 0.2) is 5.69 Å². The highest BCUT2D eigenvalue weighted by Crippen LogP contribution is 2.19. The molecule has 6 nitrogen and oxygen atoms in total. The number of carbonyl (C=O) groups excluding carboxylic acids is 1. The first-order chi connectivity index (χ1) is 10.1. The normalized spacial score (nSPS) is 18.9. The van der Waals surface area contributed by atoms with Crippen molar-refractivity contribution in [1.82, 2.24) is 14.9 Å². The molecular formula is C15H24N4O2. The van der Waals surface area contributed by atoms with E-state index in [1.165, 1.54) is 0 Å². The molecule has 6 heteroatoms. The summed E-state index contributed by atoms with van der Waals surface area (Å²) in [4.78, 5) is 23.3. The van der Waals surface area contributed by atoms with E-state index in [-0.39, 0.29) is 17.9 Å². The van der Waals surface area contributed by atoms with E-state index < -0.39 is 0 Å². The van der Waals surface area contributed by atoms with Crippen molar-refractivity contribution in [3.05, 3.63) is 17.7 Å². The average molecular weight is 292 g/mol. The molecule has 0 aromatic carbocycles. The number of amides is 1. The molecule has 2 rings (SSSR count). The molecule has 0 aliphatic carbocycles. The molecule has 1 amide bonds. The lowest BCUT2D eigenvalue weighted by Gasteiger charge is -2.32. The molecule has 1 N–H and O–H groups in total. The van der Waals surface area contributed by atoms with Gasteiger partial charge >= 0.3 is 0 Å². The maximum atomic E-state index is 12.8. The first-order valence-electron chi connectivity index (χ1n) is 7.52. The van der Waals surface area contributed by atoms with Gasteiger partial charge in [-0.2, -0.15) is 0 Å². The highest BCUT2D eigenvalue weighted by atomic mass is 16.5. The first kappa shape index (κ1) is 15.7. The average Bonchev–Trinajstić information content (AvgIpc) is 2.53. The molecular weight excluding hydrogens is 268 g/mol. The number of aromatic nitrogens is 2. The van der Waals surface area contributed by atoms with Crippen molar-refractivity contribution in [1.29, 1.82) is 0 Å². The number of rotatable bonds is 4. The second-order valence-electron chi connectivity index (χ2n) is 5.55. The minimum atomic E-state index is -0.0506. The van der Waals surface area contributed by atoms with E-state index in [0.29, 0.717) is 36.9 Å². The van der Waals surface area contributed by atoms with E-state index in [1.54, 1.807) is 13.2 Å². The van der Waals surface area contributed by atoms with Gasteiger partial charge in [0.2, 0.25) is 0 Å². The van der Waals surface area contributed by atoms with Crippen LogP contribution in [0.5, 0.6) is 0 Å². The van der Waals surface area contributed by atoms with Crippen LogP contribution in [-0.4, -0.2) is 53.6 Å². The number of nitrogens with zero attached hydrogens (tertiary/aromatic N) is 3. The van der Waals surface area contributed by atoms with Crippen LogP contribution in [0.4, 0.5) is 5.69 Å². The van der Waals surface area contributed by atoms with Crippen molar-refractivity contribution < 1.29 is 9.53 Å². The molecule has 1 aromatic rings. The van der Waals surface area contributed by atoms with E-state index in [1.807, 2.05) is 18.7 Å². The third-order valence-corrected chi connectivity index (χ3v) is 3.68. The molecule has 0 saturated carbocycles. The summed E-state index contributed by atoms with van der Waals surface area (Å²) in [7, 11) is 1.78. The Balaban J connectivity index is 2.26. The third-order valence-electron chi connectivity index (χ3n) is 3.68. The molecule has 0 spiro atoms. The summed E-state index contributed by atoms with van der Waals surface area (Å²) < 4.78 is 5.62. The van der Waals surface area contributed by atoms with Crippen LogP contribution < -0.4 is 5.32 Å². The van der Waals surface area contributed by atoms with Crippen LogP contribution in [0, 0.1) is 0 Å². The lowest BCUT2D eigenvalue weighted by molar-refractivity contribution is -0.0227. The van der Waals surface area contributed by atoms with Crippen LogP contribution in [0.15, 0.2) is 6.20 Å². The molecule has 0 bridgehead atoms. The highest BCUT2D eigenvalue weighted by molar-refractivity contribution is 5.97. The Morgan fingerprint density at radius 3 is 2.95 bits per heavy atom. The molecule has 1 aliphatic heterocycles. The summed E-state index contributed by atoms with van der Waals surface area (Å²) in [6, 6.07) is 0. The van der Waals surface area contributed by atoms with E-state index in [0.717, 1.165) is 6.42 Å². The summed E-state index contributed by atoms with van der Waals surface area (Å²) in [6.07, 6.45) is 2.71. The van der Waals surface area contributed by atoms with Crippen LogP contribution in [0.25, 0.3) is 0 Å². The van der Waals surface area contributed by atoms with Crippen molar-refractivity contribution in [2.24, 2.45) is 0 Å². The van der Waals surface area contributed by atoms with Crippen molar-refractivity contribution in [2.75, 3.05) is 32.1 Å². The molecule has 1 aromatic heterocycles. The zero-order valence-corrected chi connectivity index (χ0v) is 13.2. The molecule has 116 valence electrons. The summed E-state index contributed by atoms with van der Waals surface area (Å²) in [5, 5.41) is 3.00. The number of ether oxygens (including phenoxy) is 1. The number of hydrogen-bond donors (Lipinski definition) is 1. The smallest absolute Gasteiger partial charge is 0.274 e. The van der Waals surface area contributed by atoms with Gasteiger partial charge in [-0.25, -0.2) is 9.97 Å². The lowest BCUT2D eigenvalue weighted by atomic mass is 10.1.